The van der Waals surface area contributed by atoms with Crippen LogP contribution >= 0.6 is 0 Å². The Morgan fingerprint density at radius 1 is 1.22 bits per heavy atom. The number of carbonyl (C=O) groups is 2. The molecular formula is C24H36N2O6. The van der Waals surface area contributed by atoms with Crippen LogP contribution in [0.3, 0.4) is 0 Å². The highest BCUT2D eigenvalue weighted by Crippen LogP contribution is 2.42. The molecule has 1 aromatic carbocycles. The monoisotopic (exact) mass is 448 g/mol. The second-order valence-corrected chi connectivity index (χ2v) is 9.42. The molecule has 1 fully saturated rings. The van der Waals surface area contributed by atoms with Gasteiger partial charge in [-0.15, -0.1) is 0 Å². The summed E-state index contributed by atoms with van der Waals surface area (Å²) in [4.78, 5) is 26.8. The van der Waals surface area contributed by atoms with Crippen molar-refractivity contribution in [3.05, 3.63) is 23.3 Å². The van der Waals surface area contributed by atoms with Crippen LogP contribution in [0.4, 0.5) is 4.79 Å². The maximum absolute atomic E-state index is 12.4. The number of carbonyl (C=O) groups excluding carboxylic acids is 2. The van der Waals surface area contributed by atoms with Gasteiger partial charge in [-0.3, -0.25) is 4.79 Å². The molecule has 32 heavy (non-hydrogen) atoms. The Kier molecular flexibility index (Phi) is 8.00. The number of hydrogen-bond donors (Lipinski definition) is 1. The fourth-order valence-electron chi connectivity index (χ4n) is 4.70. The SMILES string of the molecule is CCN1CCC[C@@H]2Cc3c(ccc(OC(=O)NCC(=O)OC(C)(C)C)c3OCOC)C[C@H]21. The molecule has 1 amide bonds. The second kappa shape index (κ2) is 10.5. The van der Waals surface area contributed by atoms with Crippen LogP contribution in [-0.2, 0) is 27.1 Å². The molecule has 0 aromatic heterocycles. The summed E-state index contributed by atoms with van der Waals surface area (Å²) in [5.41, 5.74) is 1.69. The van der Waals surface area contributed by atoms with E-state index in [1.807, 2.05) is 6.07 Å². The number of ether oxygens (including phenoxy) is 4. The van der Waals surface area contributed by atoms with Crippen LogP contribution < -0.4 is 14.8 Å². The molecule has 178 valence electrons. The third-order valence-electron chi connectivity index (χ3n) is 5.98. The summed E-state index contributed by atoms with van der Waals surface area (Å²) < 4.78 is 21.7. The van der Waals surface area contributed by atoms with Crippen molar-refractivity contribution in [3.8, 4) is 11.5 Å². The van der Waals surface area contributed by atoms with Crippen molar-refractivity contribution in [2.75, 3.05) is 33.5 Å². The fraction of sp³-hybridized carbons (Fsp3) is 0.667. The predicted molar refractivity (Wildman–Crippen MR) is 120 cm³/mol. The van der Waals surface area contributed by atoms with E-state index >= 15 is 0 Å². The van der Waals surface area contributed by atoms with Gasteiger partial charge in [-0.2, -0.15) is 0 Å². The van der Waals surface area contributed by atoms with Crippen molar-refractivity contribution in [2.24, 2.45) is 5.92 Å². The molecule has 1 aliphatic heterocycles. The molecule has 0 unspecified atom stereocenters. The predicted octanol–water partition coefficient (Wildman–Crippen LogP) is 3.30. The van der Waals surface area contributed by atoms with Gasteiger partial charge in [0, 0.05) is 18.7 Å². The van der Waals surface area contributed by atoms with E-state index in [9.17, 15) is 9.59 Å². The zero-order chi connectivity index (χ0) is 23.3. The van der Waals surface area contributed by atoms with Crippen LogP contribution in [-0.4, -0.2) is 62.1 Å². The summed E-state index contributed by atoms with van der Waals surface area (Å²) in [5, 5.41) is 2.45. The highest BCUT2D eigenvalue weighted by molar-refractivity contribution is 5.79. The van der Waals surface area contributed by atoms with Gasteiger partial charge < -0.3 is 29.2 Å². The Morgan fingerprint density at radius 2 is 2.00 bits per heavy atom. The van der Waals surface area contributed by atoms with Crippen LogP contribution in [0, 0.1) is 5.92 Å². The van der Waals surface area contributed by atoms with Crippen molar-refractivity contribution < 1.29 is 28.5 Å². The number of fused-ring (bicyclic) bond motifs is 2. The summed E-state index contributed by atoms with van der Waals surface area (Å²) in [5.74, 6) is 0.893. The molecule has 1 aromatic rings. The average Bonchev–Trinajstić information content (AvgIpc) is 2.74. The highest BCUT2D eigenvalue weighted by Gasteiger charge is 2.36. The lowest BCUT2D eigenvalue weighted by molar-refractivity contribution is -0.153. The van der Waals surface area contributed by atoms with Gasteiger partial charge in [0.1, 0.15) is 12.1 Å². The number of amides is 1. The first kappa shape index (κ1) is 24.3. The van der Waals surface area contributed by atoms with E-state index in [-0.39, 0.29) is 13.3 Å². The van der Waals surface area contributed by atoms with E-state index in [0.717, 1.165) is 31.5 Å². The number of likely N-dealkylation sites (N-methyl/N-ethyl adjacent to an activating group) is 1. The standard InChI is InChI=1S/C24H36N2O6/c1-6-26-11-7-8-17-12-18-16(13-19(17)26)9-10-20(22(18)30-15-29-5)31-23(28)25-14-21(27)32-24(2,3)4/h9-10,17,19H,6-8,11-15H2,1-5H3,(H,25,28)/t17-,19-/m1/s1. The molecule has 8 heteroatoms. The lowest BCUT2D eigenvalue weighted by Crippen LogP contribution is -2.49. The molecule has 1 saturated heterocycles. The first-order valence-electron chi connectivity index (χ1n) is 11.4. The Hall–Kier alpha value is -2.32. The first-order valence-corrected chi connectivity index (χ1v) is 11.4. The van der Waals surface area contributed by atoms with E-state index in [4.69, 9.17) is 18.9 Å². The number of hydrogen-bond acceptors (Lipinski definition) is 7. The van der Waals surface area contributed by atoms with Gasteiger partial charge in [0.15, 0.2) is 18.3 Å². The van der Waals surface area contributed by atoms with E-state index in [0.29, 0.717) is 23.5 Å². The zero-order valence-corrected chi connectivity index (χ0v) is 19.9. The third kappa shape index (κ3) is 6.13. The number of benzene rings is 1. The van der Waals surface area contributed by atoms with Gasteiger partial charge >= 0.3 is 12.1 Å². The van der Waals surface area contributed by atoms with E-state index in [2.05, 4.69) is 17.1 Å². The first-order chi connectivity index (χ1) is 15.2. The second-order valence-electron chi connectivity index (χ2n) is 9.42. The Bertz CT molecular complexity index is 819. The van der Waals surface area contributed by atoms with Crippen LogP contribution in [0.15, 0.2) is 12.1 Å². The van der Waals surface area contributed by atoms with E-state index < -0.39 is 17.7 Å². The molecular weight excluding hydrogens is 412 g/mol. The average molecular weight is 449 g/mol. The molecule has 2 atom stereocenters. The number of rotatable bonds is 7. The minimum Gasteiger partial charge on any atom is -0.463 e. The Morgan fingerprint density at radius 3 is 2.69 bits per heavy atom. The van der Waals surface area contributed by atoms with Crippen LogP contribution in [0.5, 0.6) is 11.5 Å². The van der Waals surface area contributed by atoms with Crippen LogP contribution in [0.25, 0.3) is 0 Å². The molecule has 0 bridgehead atoms. The van der Waals surface area contributed by atoms with Gasteiger partial charge in [-0.05, 0) is 77.1 Å². The minimum absolute atomic E-state index is 0.0571. The number of nitrogens with zero attached hydrogens (tertiary/aromatic N) is 1. The maximum atomic E-state index is 12.4. The quantitative estimate of drug-likeness (QED) is 0.506. The molecule has 0 saturated carbocycles. The number of likely N-dealkylation sites (tertiary alicyclic amines) is 1. The molecule has 1 N–H and O–H groups in total. The van der Waals surface area contributed by atoms with Gasteiger partial charge in [-0.1, -0.05) is 13.0 Å². The summed E-state index contributed by atoms with van der Waals surface area (Å²) in [6, 6.07) is 4.32. The number of esters is 1. The minimum atomic E-state index is -0.735. The lowest BCUT2D eigenvalue weighted by atomic mass is 9.75. The number of nitrogens with one attached hydrogen (secondary N) is 1. The zero-order valence-electron chi connectivity index (χ0n) is 19.9. The Balaban J connectivity index is 1.74. The smallest absolute Gasteiger partial charge is 0.413 e. The van der Waals surface area contributed by atoms with Crippen molar-refractivity contribution in [1.82, 2.24) is 10.2 Å². The van der Waals surface area contributed by atoms with Gasteiger partial charge in [0.25, 0.3) is 0 Å². The highest BCUT2D eigenvalue weighted by atomic mass is 16.7. The van der Waals surface area contributed by atoms with Crippen molar-refractivity contribution in [1.29, 1.82) is 0 Å². The van der Waals surface area contributed by atoms with Crippen molar-refractivity contribution in [3.63, 3.8) is 0 Å². The van der Waals surface area contributed by atoms with Crippen LogP contribution in [0.1, 0.15) is 51.7 Å². The number of piperidine rings is 1. The Labute approximate surface area is 190 Å². The fourth-order valence-corrected chi connectivity index (χ4v) is 4.70. The molecule has 8 nitrogen and oxygen atoms in total. The normalized spacial score (nSPS) is 20.7. The topological polar surface area (TPSA) is 86.3 Å². The summed E-state index contributed by atoms with van der Waals surface area (Å²) >= 11 is 0. The summed E-state index contributed by atoms with van der Waals surface area (Å²) in [6.07, 6.45) is 3.49. The third-order valence-corrected chi connectivity index (χ3v) is 5.98. The molecule has 1 heterocycles. The largest absolute Gasteiger partial charge is 0.463 e. The molecule has 3 rings (SSSR count). The molecule has 1 aliphatic carbocycles. The summed E-state index contributed by atoms with van der Waals surface area (Å²) in [7, 11) is 1.56. The van der Waals surface area contributed by atoms with Crippen molar-refractivity contribution in [2.45, 2.75) is 65.0 Å². The van der Waals surface area contributed by atoms with Crippen molar-refractivity contribution >= 4 is 12.1 Å². The molecule has 0 spiro atoms. The molecule has 0 radical (unpaired) electrons. The van der Waals surface area contributed by atoms with E-state index in [1.54, 1.807) is 33.9 Å². The van der Waals surface area contributed by atoms with Gasteiger partial charge in [0.05, 0.1) is 0 Å². The van der Waals surface area contributed by atoms with Gasteiger partial charge in [-0.25, -0.2) is 4.79 Å². The van der Waals surface area contributed by atoms with Crippen LogP contribution in [0.2, 0.25) is 0 Å². The number of methoxy groups -OCH3 is 1. The molecule has 2 aliphatic rings. The summed E-state index contributed by atoms with van der Waals surface area (Å²) in [6.45, 7) is 9.53. The van der Waals surface area contributed by atoms with E-state index in [1.165, 1.54) is 18.4 Å². The lowest BCUT2D eigenvalue weighted by Gasteiger charge is -2.44. The van der Waals surface area contributed by atoms with Gasteiger partial charge in [0.2, 0.25) is 0 Å². The maximum Gasteiger partial charge on any atom is 0.413 e.